The van der Waals surface area contributed by atoms with Gasteiger partial charge in [-0.3, -0.25) is 0 Å². The maximum Gasteiger partial charge on any atom is 0.0474 e. The second kappa shape index (κ2) is 7.80. The van der Waals surface area contributed by atoms with E-state index in [1.807, 2.05) is 0 Å². The Bertz CT molecular complexity index is 56.3. The highest BCUT2D eigenvalue weighted by Gasteiger charge is 1.99. The lowest BCUT2D eigenvalue weighted by atomic mass is 10.6. The summed E-state index contributed by atoms with van der Waals surface area (Å²) in [7, 11) is 0. The quantitative estimate of drug-likeness (QED) is 0.570. The molecule has 0 bridgehead atoms. The monoisotopic (exact) mass is 178 g/mol. The van der Waals surface area contributed by atoms with E-state index in [9.17, 15) is 0 Å². The smallest absolute Gasteiger partial charge is 0.0474 e. The van der Waals surface area contributed by atoms with Gasteiger partial charge in [0.15, 0.2) is 0 Å². The predicted molar refractivity (Wildman–Crippen MR) is 55.0 cm³/mol. The molecule has 0 unspecified atom stereocenters. The molecule has 62 valence electrons. The highest BCUT2D eigenvalue weighted by molar-refractivity contribution is 8.16. The van der Waals surface area contributed by atoms with E-state index in [0.29, 0.717) is 0 Å². The van der Waals surface area contributed by atoms with Crippen LogP contribution in [0.15, 0.2) is 0 Å². The fourth-order valence-corrected chi connectivity index (χ4v) is 2.71. The fraction of sp³-hybridized carbons (Fsp3) is 1.00. The Balaban J connectivity index is 3.00. The molecule has 0 aromatic carbocycles. The maximum absolute atomic E-state index is 2.31. The van der Waals surface area contributed by atoms with Gasteiger partial charge in [-0.15, -0.1) is 23.5 Å². The Morgan fingerprint density at radius 2 is 1.40 bits per heavy atom. The number of thioether (sulfide) groups is 2. The van der Waals surface area contributed by atoms with Crippen molar-refractivity contribution >= 4 is 23.5 Å². The molecule has 0 aliphatic carbocycles. The molecule has 10 heavy (non-hydrogen) atoms. The van der Waals surface area contributed by atoms with Crippen LogP contribution in [0.2, 0.25) is 0 Å². The van der Waals surface area contributed by atoms with Crippen LogP contribution in [0.5, 0.6) is 0 Å². The third-order valence-electron chi connectivity index (χ3n) is 1.11. The van der Waals surface area contributed by atoms with Gasteiger partial charge in [0.2, 0.25) is 0 Å². The van der Waals surface area contributed by atoms with Crippen molar-refractivity contribution in [2.45, 2.75) is 38.2 Å². The number of rotatable bonds is 6. The van der Waals surface area contributed by atoms with E-state index >= 15 is 0 Å². The van der Waals surface area contributed by atoms with Gasteiger partial charge in [-0.1, -0.05) is 13.8 Å². The van der Waals surface area contributed by atoms with E-state index in [2.05, 4.69) is 44.3 Å². The van der Waals surface area contributed by atoms with E-state index in [1.54, 1.807) is 0 Å². The lowest BCUT2D eigenvalue weighted by Crippen LogP contribution is -1.91. The summed E-state index contributed by atoms with van der Waals surface area (Å²) in [6.45, 7) is 6.79. The zero-order chi connectivity index (χ0) is 7.82. The largest absolute Gasteiger partial charge is 0.148 e. The first-order valence-corrected chi connectivity index (χ1v) is 6.14. The summed E-state index contributed by atoms with van der Waals surface area (Å²) in [5.74, 6) is 2.63. The molecular weight excluding hydrogens is 160 g/mol. The third kappa shape index (κ3) is 6.81. The summed E-state index contributed by atoms with van der Waals surface area (Å²) >= 11 is 4.16. The molecule has 0 aromatic rings. The molecule has 0 aliphatic rings. The number of hydrogen-bond donors (Lipinski definition) is 0. The fourth-order valence-electron chi connectivity index (χ4n) is 0.616. The van der Waals surface area contributed by atoms with E-state index in [-0.39, 0.29) is 0 Å². The molecule has 0 atom stereocenters. The molecule has 0 nitrogen and oxygen atoms in total. The second-order valence-electron chi connectivity index (χ2n) is 2.31. The Morgan fingerprint density at radius 1 is 1.00 bits per heavy atom. The van der Waals surface area contributed by atoms with Gasteiger partial charge in [0.1, 0.15) is 0 Å². The molecule has 2 heteroatoms. The van der Waals surface area contributed by atoms with Crippen LogP contribution < -0.4 is 0 Å². The van der Waals surface area contributed by atoms with Crippen molar-refractivity contribution in [3.63, 3.8) is 0 Å². The molecule has 0 saturated carbocycles. The van der Waals surface area contributed by atoms with Crippen LogP contribution in [0.4, 0.5) is 0 Å². The maximum atomic E-state index is 2.31. The van der Waals surface area contributed by atoms with Crippen molar-refractivity contribution in [3.05, 3.63) is 0 Å². The first kappa shape index (κ1) is 10.7. The van der Waals surface area contributed by atoms with E-state index < -0.39 is 0 Å². The molecule has 0 spiro atoms. The summed E-state index contributed by atoms with van der Waals surface area (Å²) in [6.07, 6.45) is 2.61. The van der Waals surface area contributed by atoms with Crippen molar-refractivity contribution in [2.75, 3.05) is 11.5 Å². The van der Waals surface area contributed by atoms with Crippen LogP contribution >= 0.6 is 23.5 Å². The van der Waals surface area contributed by atoms with Crippen LogP contribution in [0.25, 0.3) is 0 Å². The first-order chi connectivity index (χ1) is 4.81. The van der Waals surface area contributed by atoms with Crippen LogP contribution in [0.1, 0.15) is 33.6 Å². The lowest BCUT2D eigenvalue weighted by Gasteiger charge is -2.08. The normalized spacial score (nSPS) is 10.8. The molecule has 0 N–H and O–H groups in total. The van der Waals surface area contributed by atoms with Gasteiger partial charge in [-0.2, -0.15) is 0 Å². The summed E-state index contributed by atoms with van der Waals surface area (Å²) in [6, 6.07) is 0. The van der Waals surface area contributed by atoms with Crippen LogP contribution in [0.3, 0.4) is 0 Å². The molecule has 0 aliphatic heterocycles. The standard InChI is InChI=1S/C8H18S2/c1-4-6-9-8(3)10-7-5-2/h8H,4-7H2,1-3H3. The molecule has 0 fully saturated rings. The van der Waals surface area contributed by atoms with Gasteiger partial charge < -0.3 is 0 Å². The Morgan fingerprint density at radius 3 is 1.70 bits per heavy atom. The van der Waals surface area contributed by atoms with Crippen molar-refractivity contribution in [1.29, 1.82) is 0 Å². The SMILES string of the molecule is CCCSC(C)SCCC. The van der Waals surface area contributed by atoms with Crippen molar-refractivity contribution in [2.24, 2.45) is 0 Å². The minimum absolute atomic E-state index is 0.805. The van der Waals surface area contributed by atoms with Gasteiger partial charge in [0, 0.05) is 4.58 Å². The van der Waals surface area contributed by atoms with Crippen molar-refractivity contribution < 1.29 is 0 Å². The van der Waals surface area contributed by atoms with Crippen LogP contribution in [-0.2, 0) is 0 Å². The molecule has 0 aromatic heterocycles. The molecular formula is C8H18S2. The Labute approximate surface area is 73.5 Å². The Hall–Kier alpha value is 0.700. The lowest BCUT2D eigenvalue weighted by molar-refractivity contribution is 1.09. The van der Waals surface area contributed by atoms with Gasteiger partial charge in [-0.25, -0.2) is 0 Å². The van der Waals surface area contributed by atoms with Crippen LogP contribution in [0, 0.1) is 0 Å². The second-order valence-corrected chi connectivity index (χ2v) is 5.50. The highest BCUT2D eigenvalue weighted by atomic mass is 32.2. The topological polar surface area (TPSA) is 0 Å². The molecule has 0 amide bonds. The molecule has 0 saturated heterocycles. The first-order valence-electron chi connectivity index (χ1n) is 4.04. The van der Waals surface area contributed by atoms with E-state index in [4.69, 9.17) is 0 Å². The summed E-state index contributed by atoms with van der Waals surface area (Å²) in [4.78, 5) is 0. The average Bonchev–Trinajstić information content (AvgIpc) is 1.97. The van der Waals surface area contributed by atoms with Gasteiger partial charge >= 0.3 is 0 Å². The molecule has 0 radical (unpaired) electrons. The predicted octanol–water partition coefficient (Wildman–Crippen LogP) is 3.62. The third-order valence-corrected chi connectivity index (χ3v) is 4.16. The van der Waals surface area contributed by atoms with Crippen molar-refractivity contribution in [3.8, 4) is 0 Å². The minimum atomic E-state index is 0.805. The van der Waals surface area contributed by atoms with E-state index in [0.717, 1.165) is 4.58 Å². The Kier molecular flexibility index (Phi) is 8.35. The van der Waals surface area contributed by atoms with Gasteiger partial charge in [-0.05, 0) is 31.3 Å². The highest BCUT2D eigenvalue weighted by Crippen LogP contribution is 2.23. The average molecular weight is 178 g/mol. The van der Waals surface area contributed by atoms with Crippen LogP contribution in [-0.4, -0.2) is 16.1 Å². The number of hydrogen-bond acceptors (Lipinski definition) is 2. The summed E-state index contributed by atoms with van der Waals surface area (Å²) in [5, 5.41) is 0. The summed E-state index contributed by atoms with van der Waals surface area (Å²) in [5.41, 5.74) is 0. The molecule has 0 rings (SSSR count). The minimum Gasteiger partial charge on any atom is -0.148 e. The zero-order valence-electron chi connectivity index (χ0n) is 7.22. The van der Waals surface area contributed by atoms with Gasteiger partial charge in [0.25, 0.3) is 0 Å². The molecule has 0 heterocycles. The summed E-state index contributed by atoms with van der Waals surface area (Å²) < 4.78 is 0.805. The van der Waals surface area contributed by atoms with Crippen molar-refractivity contribution in [1.82, 2.24) is 0 Å². The zero-order valence-corrected chi connectivity index (χ0v) is 8.86. The van der Waals surface area contributed by atoms with Gasteiger partial charge in [0.05, 0.1) is 0 Å². The van der Waals surface area contributed by atoms with E-state index in [1.165, 1.54) is 24.3 Å².